The van der Waals surface area contributed by atoms with Crippen LogP contribution in [0.15, 0.2) is 29.2 Å². The number of alkyl halides is 3. The maximum Gasteiger partial charge on any atom is 0.472 e. The van der Waals surface area contributed by atoms with Gasteiger partial charge in [-0.3, -0.25) is 9.36 Å². The number of carbonyl (C=O) groups excluding carboxylic acids is 1. The van der Waals surface area contributed by atoms with Crippen LogP contribution in [-0.2, 0) is 14.3 Å². The summed E-state index contributed by atoms with van der Waals surface area (Å²) in [6.45, 7) is 1.79. The third kappa shape index (κ3) is 4.83. The van der Waals surface area contributed by atoms with E-state index in [9.17, 15) is 27.9 Å². The van der Waals surface area contributed by atoms with Crippen molar-refractivity contribution in [1.82, 2.24) is 9.55 Å². The number of rotatable bonds is 7. The highest BCUT2D eigenvalue weighted by molar-refractivity contribution is 6.07. The first-order chi connectivity index (χ1) is 17.5. The number of aromatic nitrogens is 2. The molecule has 4 rings (SSSR count). The van der Waals surface area contributed by atoms with Crippen molar-refractivity contribution in [2.45, 2.75) is 50.8 Å². The van der Waals surface area contributed by atoms with Gasteiger partial charge < -0.3 is 24.1 Å². The van der Waals surface area contributed by atoms with E-state index in [4.69, 9.17) is 21.7 Å². The summed E-state index contributed by atoms with van der Waals surface area (Å²) in [7, 11) is -1.61. The Morgan fingerprint density at radius 1 is 1.43 bits per heavy atom. The second-order valence-corrected chi connectivity index (χ2v) is 7.93. The summed E-state index contributed by atoms with van der Waals surface area (Å²) < 4.78 is 77.8. The molecule has 2 aliphatic heterocycles. The number of ether oxygens (including phenoxy) is 4. The van der Waals surface area contributed by atoms with Crippen LogP contribution < -0.4 is 20.1 Å². The van der Waals surface area contributed by atoms with Gasteiger partial charge in [0.2, 0.25) is 0 Å². The van der Waals surface area contributed by atoms with Crippen molar-refractivity contribution in [3.63, 3.8) is 0 Å². The molecule has 10 nitrogen and oxygen atoms in total. The minimum Gasteiger partial charge on any atom is -0.491 e. The Hall–Kier alpha value is -3.16. The Morgan fingerprint density at radius 2 is 2.23 bits per heavy atom. The van der Waals surface area contributed by atoms with Gasteiger partial charge in [0.1, 0.15) is 23.8 Å². The number of halogens is 3. The molecule has 1 saturated heterocycles. The minimum absolute atomic E-state index is 0.0487. The maximum absolute atomic E-state index is 13.6. The molecule has 190 valence electrons. The molecule has 4 atom stereocenters. The molecule has 1 aromatic heterocycles. The zero-order valence-electron chi connectivity index (χ0n) is 20.5. The van der Waals surface area contributed by atoms with Gasteiger partial charge in [-0.1, -0.05) is 19.4 Å². The molecule has 1 amide bonds. The number of aliphatic hydroxyl groups is 1. The van der Waals surface area contributed by atoms with Crippen LogP contribution in [0, 0.1) is 0 Å². The summed E-state index contributed by atoms with van der Waals surface area (Å²) in [5.41, 5.74) is -1.39. The third-order valence-electron chi connectivity index (χ3n) is 5.49. The van der Waals surface area contributed by atoms with Gasteiger partial charge in [-0.15, -0.1) is 0 Å². The van der Waals surface area contributed by atoms with E-state index in [1.807, 2.05) is 6.92 Å². The second-order valence-electron chi connectivity index (χ2n) is 7.93. The number of nitrogens with zero attached hydrogens (tertiary/aromatic N) is 3. The van der Waals surface area contributed by atoms with Gasteiger partial charge in [0.05, 0.1) is 28.3 Å². The van der Waals surface area contributed by atoms with Crippen molar-refractivity contribution in [3.05, 3.63) is 34.9 Å². The first-order valence-corrected chi connectivity index (χ1v) is 10.8. The Morgan fingerprint density at radius 3 is 2.94 bits per heavy atom. The van der Waals surface area contributed by atoms with Crippen molar-refractivity contribution >= 4 is 17.4 Å². The first-order valence-electron chi connectivity index (χ1n) is 11.9. The molecule has 0 spiro atoms. The van der Waals surface area contributed by atoms with Gasteiger partial charge in [0, 0.05) is 13.5 Å². The van der Waals surface area contributed by atoms with Crippen LogP contribution in [0.1, 0.15) is 35.2 Å². The number of unbranched alkanes of at least 4 members (excludes halogenated alkanes) is 1. The lowest BCUT2D eigenvalue weighted by atomic mass is 10.2. The number of benzene rings is 1. The molecule has 1 N–H and O–H groups in total. The SMILES string of the molecule is [2H]C([3H])OC[C@H]1O[C@@H](n2cc3c(nc2=O)N(C(=O)C(F)(F)F)c2c(OCCCC)cccc2O3)CC1O. The number of anilines is 2. The largest absolute Gasteiger partial charge is 0.491 e. The Balaban J connectivity index is 1.73. The standard InChI is InChI=1S/C22H24F3N3O7/c1-3-4-8-33-13-6-5-7-14-18(13)28(20(30)22(23,24)25)19-15(34-14)10-27(21(31)26-19)17-9-12(29)16(35-17)11-32-2/h5-7,10,12,16-17,29H,3-4,8-9,11H2,1-2H3/t12?,16-,17-/m1/s1/i2TD/t2?,12?,16-,17-. The average molecular weight is 502 g/mol. The quantitative estimate of drug-likeness (QED) is 0.575. The molecule has 2 unspecified atom stereocenters. The summed E-state index contributed by atoms with van der Waals surface area (Å²) in [6.07, 6.45) is -6.15. The summed E-state index contributed by atoms with van der Waals surface area (Å²) >= 11 is 0. The lowest BCUT2D eigenvalue weighted by molar-refractivity contribution is -0.169. The van der Waals surface area contributed by atoms with Gasteiger partial charge in [-0.2, -0.15) is 18.2 Å². The van der Waals surface area contributed by atoms with Crippen LogP contribution in [-0.4, -0.2) is 59.2 Å². The smallest absolute Gasteiger partial charge is 0.472 e. The molecule has 0 saturated carbocycles. The molecule has 1 fully saturated rings. The zero-order chi connectivity index (χ0) is 26.9. The highest BCUT2D eigenvalue weighted by Crippen LogP contribution is 2.51. The topological polar surface area (TPSA) is 112 Å². The van der Waals surface area contributed by atoms with Crippen LogP contribution in [0.2, 0.25) is 0 Å². The zero-order valence-corrected chi connectivity index (χ0v) is 18.5. The lowest BCUT2D eigenvalue weighted by Gasteiger charge is -2.32. The van der Waals surface area contributed by atoms with E-state index in [2.05, 4.69) is 4.98 Å². The molecule has 13 heteroatoms. The molecule has 3 heterocycles. The van der Waals surface area contributed by atoms with Gasteiger partial charge in [0.15, 0.2) is 17.3 Å². The van der Waals surface area contributed by atoms with E-state index in [-0.39, 0.29) is 47.5 Å². The van der Waals surface area contributed by atoms with Crippen molar-refractivity contribution in [2.75, 3.05) is 25.2 Å². The molecule has 0 aliphatic carbocycles. The second kappa shape index (κ2) is 9.84. The van der Waals surface area contributed by atoms with Crippen molar-refractivity contribution in [1.29, 1.82) is 0 Å². The monoisotopic (exact) mass is 502 g/mol. The molecule has 1 aromatic carbocycles. The van der Waals surface area contributed by atoms with E-state index in [1.54, 1.807) is 0 Å². The molecule has 2 aromatic rings. The van der Waals surface area contributed by atoms with Crippen molar-refractivity contribution in [3.8, 4) is 17.2 Å². The van der Waals surface area contributed by atoms with Crippen molar-refractivity contribution in [2.24, 2.45) is 0 Å². The number of fused-ring (bicyclic) bond motifs is 2. The van der Waals surface area contributed by atoms with Gasteiger partial charge in [-0.25, -0.2) is 9.69 Å². The molecule has 0 radical (unpaired) electrons. The van der Waals surface area contributed by atoms with Crippen LogP contribution >= 0.6 is 0 Å². The van der Waals surface area contributed by atoms with Gasteiger partial charge >= 0.3 is 17.8 Å². The average Bonchev–Trinajstić information content (AvgIpc) is 3.20. The van der Waals surface area contributed by atoms with Gasteiger partial charge in [0.25, 0.3) is 0 Å². The van der Waals surface area contributed by atoms with E-state index >= 15 is 0 Å². The van der Waals surface area contributed by atoms with Crippen LogP contribution in [0.5, 0.6) is 17.2 Å². The number of hydrogen-bond acceptors (Lipinski definition) is 8. The number of carbonyl (C=O) groups is 1. The third-order valence-corrected chi connectivity index (χ3v) is 5.49. The van der Waals surface area contributed by atoms with Crippen LogP contribution in [0.4, 0.5) is 24.7 Å². The number of hydrogen-bond donors (Lipinski definition) is 1. The predicted molar refractivity (Wildman–Crippen MR) is 115 cm³/mol. The lowest BCUT2D eigenvalue weighted by Crippen LogP contribution is -2.41. The van der Waals surface area contributed by atoms with Crippen molar-refractivity contribution < 1.29 is 44.8 Å². The van der Waals surface area contributed by atoms with E-state index in [0.29, 0.717) is 6.42 Å². The molecule has 2 aliphatic rings. The Labute approximate surface area is 200 Å². The van der Waals surface area contributed by atoms with Gasteiger partial charge in [-0.05, 0) is 18.6 Å². The first kappa shape index (κ1) is 22.3. The predicted octanol–water partition coefficient (Wildman–Crippen LogP) is 3.05. The normalized spacial score (nSPS) is 23.0. The number of aliphatic hydroxyl groups excluding tert-OH is 1. The van der Waals surface area contributed by atoms with E-state index in [1.165, 1.54) is 18.2 Å². The fourth-order valence-electron chi connectivity index (χ4n) is 3.81. The Kier molecular flexibility index (Phi) is 6.27. The molecule has 35 heavy (non-hydrogen) atoms. The molecular formula is C22H24F3N3O7. The van der Waals surface area contributed by atoms with E-state index < -0.39 is 49.1 Å². The number of methoxy groups -OCH3 is 1. The highest BCUT2D eigenvalue weighted by atomic mass is 19.4. The molecular weight excluding hydrogens is 475 g/mol. The fraction of sp³-hybridized carbons (Fsp3) is 0.500. The maximum atomic E-state index is 13.6. The Bertz CT molecular complexity index is 1210. The van der Waals surface area contributed by atoms with Crippen LogP contribution in [0.3, 0.4) is 0 Å². The summed E-state index contributed by atoms with van der Waals surface area (Å²) in [4.78, 5) is 29.4. The van der Waals surface area contributed by atoms with E-state index in [0.717, 1.165) is 17.2 Å². The number of amides is 1. The summed E-state index contributed by atoms with van der Waals surface area (Å²) in [5, 5.41) is 10.2. The summed E-state index contributed by atoms with van der Waals surface area (Å²) in [5.74, 6) is -3.47. The number of para-hydroxylation sites is 1. The minimum atomic E-state index is -5.31. The summed E-state index contributed by atoms with van der Waals surface area (Å²) in [6, 6.07) is 4.21. The van der Waals surface area contributed by atoms with Crippen LogP contribution in [0.25, 0.3) is 0 Å². The highest BCUT2D eigenvalue weighted by Gasteiger charge is 2.48. The molecule has 0 bridgehead atoms. The fourth-order valence-corrected chi connectivity index (χ4v) is 3.81.